The number of nitrogens with two attached hydrogens (primary N) is 1. The van der Waals surface area contributed by atoms with E-state index in [9.17, 15) is 10.1 Å². The summed E-state index contributed by atoms with van der Waals surface area (Å²) in [6.45, 7) is 0. The molecule has 82 valence electrons. The first-order valence-corrected chi connectivity index (χ1v) is 4.58. The quantitative estimate of drug-likeness (QED) is 0.493. The van der Waals surface area contributed by atoms with Crippen LogP contribution in [0.25, 0.3) is 6.08 Å². The smallest absolute Gasteiger partial charge is 0.311 e. The molecule has 7 heteroatoms. The Morgan fingerprint density at radius 3 is 3.00 bits per heavy atom. The number of anilines is 1. The highest BCUT2D eigenvalue weighted by molar-refractivity contribution is 6.31. The topological polar surface area (TPSA) is 106 Å². The van der Waals surface area contributed by atoms with Gasteiger partial charge >= 0.3 is 5.69 Å². The van der Waals surface area contributed by atoms with E-state index in [4.69, 9.17) is 22.6 Å². The molecule has 0 aliphatic heterocycles. The molecule has 1 heterocycles. The fourth-order valence-electron chi connectivity index (χ4n) is 1.01. The predicted molar refractivity (Wildman–Crippen MR) is 59.6 cm³/mol. The summed E-state index contributed by atoms with van der Waals surface area (Å²) in [7, 11) is 0. The van der Waals surface area contributed by atoms with Crippen LogP contribution in [0.1, 0.15) is 12.0 Å². The van der Waals surface area contributed by atoms with Crippen molar-refractivity contribution in [2.24, 2.45) is 0 Å². The number of pyridine rings is 1. The van der Waals surface area contributed by atoms with Crippen molar-refractivity contribution in [2.75, 3.05) is 5.73 Å². The van der Waals surface area contributed by atoms with Gasteiger partial charge in [0, 0.05) is 11.6 Å². The van der Waals surface area contributed by atoms with E-state index in [1.54, 1.807) is 0 Å². The van der Waals surface area contributed by atoms with Crippen LogP contribution in [-0.4, -0.2) is 9.91 Å². The van der Waals surface area contributed by atoms with Crippen molar-refractivity contribution in [3.8, 4) is 6.07 Å². The summed E-state index contributed by atoms with van der Waals surface area (Å²) >= 11 is 5.74. The summed E-state index contributed by atoms with van der Waals surface area (Å²) in [5.41, 5.74) is 5.39. The molecule has 0 aliphatic carbocycles. The zero-order valence-corrected chi connectivity index (χ0v) is 8.81. The van der Waals surface area contributed by atoms with Gasteiger partial charge in [-0.15, -0.1) is 0 Å². The van der Waals surface area contributed by atoms with E-state index < -0.39 is 4.92 Å². The zero-order chi connectivity index (χ0) is 12.1. The lowest BCUT2D eigenvalue weighted by Gasteiger charge is -2.00. The normalized spacial score (nSPS) is 10.2. The second-order valence-corrected chi connectivity index (χ2v) is 3.15. The molecule has 0 aromatic carbocycles. The highest BCUT2D eigenvalue weighted by Crippen LogP contribution is 2.26. The number of rotatable bonds is 3. The minimum absolute atomic E-state index is 0.0669. The average Bonchev–Trinajstić information content (AvgIpc) is 2.21. The van der Waals surface area contributed by atoms with Crippen LogP contribution < -0.4 is 5.73 Å². The Labute approximate surface area is 96.1 Å². The molecule has 0 fully saturated rings. The maximum atomic E-state index is 10.6. The molecule has 0 bridgehead atoms. The Bertz CT molecular complexity index is 493. The number of nitro groups is 1. The van der Waals surface area contributed by atoms with Gasteiger partial charge in [0.15, 0.2) is 0 Å². The second-order valence-electron chi connectivity index (χ2n) is 2.79. The third-order valence-electron chi connectivity index (χ3n) is 1.71. The molecule has 0 amide bonds. The van der Waals surface area contributed by atoms with Gasteiger partial charge in [0.25, 0.3) is 0 Å². The molecule has 2 N–H and O–H groups in total. The van der Waals surface area contributed by atoms with Gasteiger partial charge in [-0.1, -0.05) is 23.8 Å². The summed E-state index contributed by atoms with van der Waals surface area (Å²) in [4.78, 5) is 13.6. The molecular weight excluding hydrogens is 232 g/mol. The van der Waals surface area contributed by atoms with Gasteiger partial charge in [-0.25, -0.2) is 4.98 Å². The van der Waals surface area contributed by atoms with Gasteiger partial charge in [-0.05, 0) is 0 Å². The first kappa shape index (κ1) is 11.9. The highest BCUT2D eigenvalue weighted by atomic mass is 35.5. The molecule has 0 saturated heterocycles. The first-order chi connectivity index (χ1) is 7.56. The van der Waals surface area contributed by atoms with Crippen molar-refractivity contribution in [1.29, 1.82) is 5.26 Å². The van der Waals surface area contributed by atoms with Gasteiger partial charge < -0.3 is 5.73 Å². The van der Waals surface area contributed by atoms with Crippen LogP contribution in [0.15, 0.2) is 12.1 Å². The van der Waals surface area contributed by atoms with E-state index >= 15 is 0 Å². The Hall–Kier alpha value is -2.13. The van der Waals surface area contributed by atoms with Crippen molar-refractivity contribution in [3.05, 3.63) is 33.0 Å². The first-order valence-electron chi connectivity index (χ1n) is 4.20. The SMILES string of the molecule is N#CCC=Cc1cc([N+](=O)[O-])c(N)nc1Cl. The molecular formula is C9H7ClN4O2. The van der Waals surface area contributed by atoms with Crippen LogP contribution in [0.4, 0.5) is 11.5 Å². The molecule has 0 spiro atoms. The van der Waals surface area contributed by atoms with Crippen molar-refractivity contribution in [1.82, 2.24) is 4.98 Å². The Kier molecular flexibility index (Phi) is 3.80. The van der Waals surface area contributed by atoms with Crippen molar-refractivity contribution < 1.29 is 4.92 Å². The van der Waals surface area contributed by atoms with Gasteiger partial charge in [0.1, 0.15) is 5.15 Å². The number of aromatic nitrogens is 1. The second kappa shape index (κ2) is 5.09. The number of hydrogen-bond donors (Lipinski definition) is 1. The molecule has 16 heavy (non-hydrogen) atoms. The average molecular weight is 239 g/mol. The third-order valence-corrected chi connectivity index (χ3v) is 2.02. The van der Waals surface area contributed by atoms with Gasteiger partial charge in [-0.3, -0.25) is 10.1 Å². The summed E-state index contributed by atoms with van der Waals surface area (Å²) in [5, 5.41) is 19.0. The summed E-state index contributed by atoms with van der Waals surface area (Å²) in [6.07, 6.45) is 3.21. The molecule has 1 rings (SSSR count). The van der Waals surface area contributed by atoms with Gasteiger partial charge in [-0.2, -0.15) is 5.26 Å². The fourth-order valence-corrected chi connectivity index (χ4v) is 1.22. The lowest BCUT2D eigenvalue weighted by atomic mass is 10.2. The molecule has 0 saturated carbocycles. The number of allylic oxidation sites excluding steroid dienone is 1. The lowest BCUT2D eigenvalue weighted by molar-refractivity contribution is -0.384. The van der Waals surface area contributed by atoms with Crippen LogP contribution in [0.2, 0.25) is 5.15 Å². The largest absolute Gasteiger partial charge is 0.378 e. The fraction of sp³-hybridized carbons (Fsp3) is 0.111. The number of nitrogen functional groups attached to an aromatic ring is 1. The minimum atomic E-state index is -0.639. The van der Waals surface area contributed by atoms with Crippen LogP contribution >= 0.6 is 11.6 Å². The summed E-state index contributed by atoms with van der Waals surface area (Å²) in [6, 6.07) is 3.12. The van der Waals surface area contributed by atoms with Crippen molar-refractivity contribution in [2.45, 2.75) is 6.42 Å². The van der Waals surface area contributed by atoms with Gasteiger partial charge in [0.2, 0.25) is 5.82 Å². The van der Waals surface area contributed by atoms with E-state index in [0.29, 0.717) is 5.56 Å². The molecule has 0 unspecified atom stereocenters. The maximum Gasteiger partial charge on any atom is 0.311 e. The molecule has 1 aromatic heterocycles. The Morgan fingerprint density at radius 2 is 2.44 bits per heavy atom. The van der Waals surface area contributed by atoms with E-state index in [-0.39, 0.29) is 23.1 Å². The monoisotopic (exact) mass is 238 g/mol. The number of nitrogens with zero attached hydrogens (tertiary/aromatic N) is 3. The van der Waals surface area contributed by atoms with E-state index in [2.05, 4.69) is 4.98 Å². The third kappa shape index (κ3) is 2.68. The van der Waals surface area contributed by atoms with Crippen LogP contribution in [-0.2, 0) is 0 Å². The minimum Gasteiger partial charge on any atom is -0.378 e. The van der Waals surface area contributed by atoms with Crippen LogP contribution in [0, 0.1) is 21.4 Å². The van der Waals surface area contributed by atoms with E-state index in [1.807, 2.05) is 6.07 Å². The summed E-state index contributed by atoms with van der Waals surface area (Å²) < 4.78 is 0. The zero-order valence-electron chi connectivity index (χ0n) is 8.05. The standard InChI is InChI=1S/C9H7ClN4O2/c10-8-6(3-1-2-4-11)5-7(14(15)16)9(12)13-8/h1,3,5H,2H2,(H2,12,13). The predicted octanol–water partition coefficient (Wildman–Crippen LogP) is 2.15. The van der Waals surface area contributed by atoms with Crippen LogP contribution in [0.5, 0.6) is 0 Å². The molecule has 1 aromatic rings. The lowest BCUT2D eigenvalue weighted by Crippen LogP contribution is -1.99. The molecule has 6 nitrogen and oxygen atoms in total. The van der Waals surface area contributed by atoms with Crippen molar-refractivity contribution >= 4 is 29.2 Å². The van der Waals surface area contributed by atoms with Gasteiger partial charge in [0.05, 0.1) is 17.4 Å². The Morgan fingerprint density at radius 1 is 1.75 bits per heavy atom. The summed E-state index contributed by atoms with van der Waals surface area (Å²) in [5.74, 6) is -0.229. The van der Waals surface area contributed by atoms with E-state index in [0.717, 1.165) is 0 Å². The maximum absolute atomic E-state index is 10.6. The number of halogens is 1. The number of nitriles is 1. The highest BCUT2D eigenvalue weighted by Gasteiger charge is 2.15. The van der Waals surface area contributed by atoms with E-state index in [1.165, 1.54) is 18.2 Å². The molecule has 0 aliphatic rings. The molecule has 0 radical (unpaired) electrons. The molecule has 0 atom stereocenters. The van der Waals surface area contributed by atoms with Crippen molar-refractivity contribution in [3.63, 3.8) is 0 Å². The Balaban J connectivity index is 3.16. The van der Waals surface area contributed by atoms with Crippen LogP contribution in [0.3, 0.4) is 0 Å². The number of hydrogen-bond acceptors (Lipinski definition) is 5.